The number of carbonyl (C=O) groups is 1. The van der Waals surface area contributed by atoms with Crippen LogP contribution in [0.2, 0.25) is 0 Å². The Hall–Kier alpha value is -1.98. The molecule has 0 bridgehead atoms. The summed E-state index contributed by atoms with van der Waals surface area (Å²) in [6, 6.07) is 3.32. The van der Waals surface area contributed by atoms with Crippen molar-refractivity contribution in [3.8, 4) is 0 Å². The predicted molar refractivity (Wildman–Crippen MR) is 65.8 cm³/mol. The average molecular weight is 254 g/mol. The van der Waals surface area contributed by atoms with Crippen LogP contribution in [0.4, 0.5) is 15.8 Å². The fourth-order valence-corrected chi connectivity index (χ4v) is 1.64. The minimum atomic E-state index is -0.956. The van der Waals surface area contributed by atoms with Gasteiger partial charge in [0, 0.05) is 23.7 Å². The van der Waals surface area contributed by atoms with E-state index >= 15 is 0 Å². The van der Waals surface area contributed by atoms with Crippen LogP contribution in [0.15, 0.2) is 18.2 Å². The first-order valence-electron chi connectivity index (χ1n) is 5.74. The first kappa shape index (κ1) is 14.1. The first-order valence-corrected chi connectivity index (χ1v) is 5.74. The van der Waals surface area contributed by atoms with E-state index in [0.29, 0.717) is 12.8 Å². The van der Waals surface area contributed by atoms with Gasteiger partial charge in [0.2, 0.25) is 11.7 Å². The summed E-state index contributed by atoms with van der Waals surface area (Å²) in [6.45, 7) is 3.79. The molecule has 1 aromatic carbocycles. The fourth-order valence-electron chi connectivity index (χ4n) is 1.64. The van der Waals surface area contributed by atoms with E-state index in [-0.39, 0.29) is 17.5 Å². The van der Waals surface area contributed by atoms with Crippen molar-refractivity contribution in [3.05, 3.63) is 34.1 Å². The molecule has 1 amide bonds. The van der Waals surface area contributed by atoms with Gasteiger partial charge in [-0.15, -0.1) is 0 Å². The van der Waals surface area contributed by atoms with Gasteiger partial charge in [-0.05, 0) is 18.9 Å². The normalized spacial score (nSPS) is 10.4. The van der Waals surface area contributed by atoms with Gasteiger partial charge in [0.05, 0.1) is 4.92 Å². The molecule has 0 unspecified atom stereocenters. The highest BCUT2D eigenvalue weighted by molar-refractivity contribution is 5.92. The van der Waals surface area contributed by atoms with E-state index in [9.17, 15) is 19.3 Å². The van der Waals surface area contributed by atoms with E-state index in [0.717, 1.165) is 12.1 Å². The van der Waals surface area contributed by atoms with Gasteiger partial charge in [-0.3, -0.25) is 14.9 Å². The Morgan fingerprint density at radius 1 is 1.44 bits per heavy atom. The third kappa shape index (κ3) is 3.26. The van der Waals surface area contributed by atoms with E-state index in [1.54, 1.807) is 0 Å². The Morgan fingerprint density at radius 2 is 2.06 bits per heavy atom. The van der Waals surface area contributed by atoms with Gasteiger partial charge >= 0.3 is 5.69 Å². The number of nitrogens with one attached hydrogen (secondary N) is 1. The summed E-state index contributed by atoms with van der Waals surface area (Å²) in [5.74, 6) is -1.29. The number of nitrogens with zero attached hydrogens (tertiary/aromatic N) is 1. The van der Waals surface area contributed by atoms with Crippen LogP contribution >= 0.6 is 0 Å². The molecule has 0 atom stereocenters. The number of hydrogen-bond acceptors (Lipinski definition) is 3. The molecule has 98 valence electrons. The molecule has 0 spiro atoms. The minimum absolute atomic E-state index is 0.136. The van der Waals surface area contributed by atoms with Crippen molar-refractivity contribution in [1.82, 2.24) is 0 Å². The zero-order chi connectivity index (χ0) is 13.7. The summed E-state index contributed by atoms with van der Waals surface area (Å²) >= 11 is 0. The fraction of sp³-hybridized carbons (Fsp3) is 0.417. The molecule has 1 N–H and O–H groups in total. The second kappa shape index (κ2) is 6.09. The molecule has 5 nitrogen and oxygen atoms in total. The number of carbonyl (C=O) groups excluding carboxylic acids is 1. The zero-order valence-electron chi connectivity index (χ0n) is 10.3. The van der Waals surface area contributed by atoms with Crippen molar-refractivity contribution in [2.75, 3.05) is 5.32 Å². The monoisotopic (exact) mass is 254 g/mol. The first-order chi connectivity index (χ1) is 8.49. The molecule has 0 aliphatic rings. The molecule has 0 aliphatic heterocycles. The van der Waals surface area contributed by atoms with Gasteiger partial charge in [0.15, 0.2) is 0 Å². The number of amides is 1. The lowest BCUT2D eigenvalue weighted by atomic mass is 10.0. The number of nitro groups is 1. The second-order valence-electron chi connectivity index (χ2n) is 3.93. The Labute approximate surface area is 104 Å². The summed E-state index contributed by atoms with van der Waals surface area (Å²) in [5.41, 5.74) is -0.370. The molecule has 0 saturated heterocycles. The van der Waals surface area contributed by atoms with Gasteiger partial charge in [0.25, 0.3) is 0 Å². The van der Waals surface area contributed by atoms with Crippen molar-refractivity contribution in [3.63, 3.8) is 0 Å². The molecule has 0 radical (unpaired) electrons. The van der Waals surface area contributed by atoms with Crippen LogP contribution in [-0.4, -0.2) is 10.8 Å². The molecule has 0 aliphatic carbocycles. The van der Waals surface area contributed by atoms with Crippen LogP contribution in [0.1, 0.15) is 26.7 Å². The maximum Gasteiger partial charge on any atom is 0.304 e. The number of halogens is 1. The van der Waals surface area contributed by atoms with Crippen LogP contribution in [0, 0.1) is 21.8 Å². The largest absolute Gasteiger partial charge is 0.326 e. The SMILES string of the molecule is CCC(CC)C(=O)Nc1ccc([N+](=O)[O-])c(F)c1. The highest BCUT2D eigenvalue weighted by Gasteiger charge is 2.17. The molecule has 0 saturated carbocycles. The van der Waals surface area contributed by atoms with Crippen molar-refractivity contribution in [2.45, 2.75) is 26.7 Å². The molecular formula is C12H15FN2O3. The van der Waals surface area contributed by atoms with Crippen molar-refractivity contribution < 1.29 is 14.1 Å². The van der Waals surface area contributed by atoms with Crippen molar-refractivity contribution in [2.24, 2.45) is 5.92 Å². The van der Waals surface area contributed by atoms with Gasteiger partial charge in [0.1, 0.15) is 0 Å². The summed E-state index contributed by atoms with van der Waals surface area (Å²) in [6.07, 6.45) is 1.38. The molecule has 18 heavy (non-hydrogen) atoms. The smallest absolute Gasteiger partial charge is 0.304 e. The minimum Gasteiger partial charge on any atom is -0.326 e. The Morgan fingerprint density at radius 3 is 2.50 bits per heavy atom. The maximum absolute atomic E-state index is 13.3. The summed E-state index contributed by atoms with van der Waals surface area (Å²) in [7, 11) is 0. The number of anilines is 1. The maximum atomic E-state index is 13.3. The summed E-state index contributed by atoms with van der Waals surface area (Å²) in [5, 5.41) is 13.0. The third-order valence-electron chi connectivity index (χ3n) is 2.77. The number of hydrogen-bond donors (Lipinski definition) is 1. The number of rotatable bonds is 5. The molecule has 0 aromatic heterocycles. The van der Waals surface area contributed by atoms with Crippen LogP contribution < -0.4 is 5.32 Å². The van der Waals surface area contributed by atoms with E-state index in [2.05, 4.69) is 5.32 Å². The molecule has 6 heteroatoms. The quantitative estimate of drug-likeness (QED) is 0.648. The van der Waals surface area contributed by atoms with Crippen LogP contribution in [0.5, 0.6) is 0 Å². The Bertz CT molecular complexity index is 459. The van der Waals surface area contributed by atoms with Crippen molar-refractivity contribution >= 4 is 17.3 Å². The standard InChI is InChI=1S/C12H15FN2O3/c1-3-8(4-2)12(16)14-9-5-6-11(15(17)18)10(13)7-9/h5-8H,3-4H2,1-2H3,(H,14,16). The van der Waals surface area contributed by atoms with E-state index < -0.39 is 16.4 Å². The highest BCUT2D eigenvalue weighted by atomic mass is 19.1. The van der Waals surface area contributed by atoms with E-state index in [1.165, 1.54) is 6.07 Å². The summed E-state index contributed by atoms with van der Waals surface area (Å²) < 4.78 is 13.3. The number of nitro benzene ring substituents is 1. The molecule has 0 fully saturated rings. The molecule has 0 heterocycles. The van der Waals surface area contributed by atoms with Crippen LogP contribution in [0.25, 0.3) is 0 Å². The van der Waals surface area contributed by atoms with Gasteiger partial charge < -0.3 is 5.32 Å². The lowest BCUT2D eigenvalue weighted by Gasteiger charge is -2.12. The predicted octanol–water partition coefficient (Wildman–Crippen LogP) is 3.11. The lowest BCUT2D eigenvalue weighted by Crippen LogP contribution is -2.21. The Balaban J connectivity index is 2.83. The van der Waals surface area contributed by atoms with Gasteiger partial charge in [-0.25, -0.2) is 0 Å². The molecular weight excluding hydrogens is 239 g/mol. The molecule has 1 aromatic rings. The Kier molecular flexibility index (Phi) is 4.76. The van der Waals surface area contributed by atoms with Gasteiger partial charge in [-0.2, -0.15) is 4.39 Å². The van der Waals surface area contributed by atoms with Crippen LogP contribution in [-0.2, 0) is 4.79 Å². The van der Waals surface area contributed by atoms with Crippen molar-refractivity contribution in [1.29, 1.82) is 0 Å². The summed E-state index contributed by atoms with van der Waals surface area (Å²) in [4.78, 5) is 21.4. The van der Waals surface area contributed by atoms with Crippen LogP contribution in [0.3, 0.4) is 0 Å². The average Bonchev–Trinajstić information content (AvgIpc) is 2.30. The number of benzene rings is 1. The topological polar surface area (TPSA) is 72.2 Å². The second-order valence-corrected chi connectivity index (χ2v) is 3.93. The van der Waals surface area contributed by atoms with E-state index in [1.807, 2.05) is 13.8 Å². The highest BCUT2D eigenvalue weighted by Crippen LogP contribution is 2.21. The lowest BCUT2D eigenvalue weighted by molar-refractivity contribution is -0.387. The third-order valence-corrected chi connectivity index (χ3v) is 2.77. The molecule has 1 rings (SSSR count). The zero-order valence-corrected chi connectivity index (χ0v) is 10.3. The van der Waals surface area contributed by atoms with E-state index in [4.69, 9.17) is 0 Å². The van der Waals surface area contributed by atoms with Gasteiger partial charge in [-0.1, -0.05) is 13.8 Å².